The molecule has 0 aromatic heterocycles. The van der Waals surface area contributed by atoms with E-state index in [4.69, 9.17) is 4.43 Å². The van der Waals surface area contributed by atoms with Crippen LogP contribution in [0, 0.1) is 0 Å². The lowest BCUT2D eigenvalue weighted by Crippen LogP contribution is -2.28. The second-order valence-electron chi connectivity index (χ2n) is 4.20. The third-order valence-electron chi connectivity index (χ3n) is 2.15. The molecule has 0 unspecified atom stereocenters. The largest absolute Gasteiger partial charge is 0.414 e. The summed E-state index contributed by atoms with van der Waals surface area (Å²) in [4.78, 5) is 0. The lowest BCUT2D eigenvalue weighted by molar-refractivity contribution is 0.315. The van der Waals surface area contributed by atoms with Crippen LogP contribution in [0.2, 0.25) is 13.1 Å². The molecule has 0 atom stereocenters. The molecule has 0 saturated heterocycles. The molecule has 0 spiro atoms. The van der Waals surface area contributed by atoms with Crippen LogP contribution in [0.15, 0.2) is 36.0 Å². The summed E-state index contributed by atoms with van der Waals surface area (Å²) in [6, 6.07) is 10.4. The molecule has 0 aliphatic heterocycles. The molecule has 1 aromatic rings. The minimum atomic E-state index is -1.59. The average Bonchev–Trinajstić information content (AvgIpc) is 2.25. The Bertz CT molecular complexity index is 304. The first-order valence-corrected chi connectivity index (χ1v) is 8.51. The van der Waals surface area contributed by atoms with E-state index in [9.17, 15) is 0 Å². The summed E-state index contributed by atoms with van der Waals surface area (Å²) in [5.74, 6) is 0. The second-order valence-corrected chi connectivity index (χ2v) is 8.02. The van der Waals surface area contributed by atoms with Crippen molar-refractivity contribution in [2.24, 2.45) is 0 Å². The summed E-state index contributed by atoms with van der Waals surface area (Å²) >= 11 is 0. The Hall–Kier alpha value is -0.863. The fourth-order valence-corrected chi connectivity index (χ4v) is 2.69. The average molecular weight is 220 g/mol. The molecule has 1 nitrogen and oxygen atoms in total. The van der Waals surface area contributed by atoms with Gasteiger partial charge in [-0.25, -0.2) is 0 Å². The monoisotopic (exact) mass is 220 g/mol. The van der Waals surface area contributed by atoms with Crippen LogP contribution in [0.1, 0.15) is 18.9 Å². The van der Waals surface area contributed by atoms with E-state index in [0.29, 0.717) is 0 Å². The zero-order valence-electron chi connectivity index (χ0n) is 9.86. The highest BCUT2D eigenvalue weighted by atomic mass is 28.4. The first-order chi connectivity index (χ1) is 7.14. The molecule has 0 heterocycles. The van der Waals surface area contributed by atoms with E-state index in [-0.39, 0.29) is 0 Å². The Morgan fingerprint density at radius 2 is 1.87 bits per heavy atom. The van der Waals surface area contributed by atoms with Crippen molar-refractivity contribution >= 4 is 14.4 Å². The van der Waals surface area contributed by atoms with E-state index in [2.05, 4.69) is 56.1 Å². The maximum Gasteiger partial charge on any atom is 0.211 e. The van der Waals surface area contributed by atoms with Crippen molar-refractivity contribution in [3.8, 4) is 0 Å². The number of hydrogen-bond acceptors (Lipinski definition) is 1. The summed E-state index contributed by atoms with van der Waals surface area (Å²) in [5.41, 5.74) is 3.50. The van der Waals surface area contributed by atoms with Crippen LogP contribution in [-0.4, -0.2) is 14.9 Å². The lowest BCUT2D eigenvalue weighted by atomic mass is 10.2. The maximum atomic E-state index is 5.85. The van der Waals surface area contributed by atoms with Crippen molar-refractivity contribution in [3.05, 3.63) is 41.6 Å². The van der Waals surface area contributed by atoms with Gasteiger partial charge in [0.05, 0.1) is 0 Å². The Kier molecular flexibility index (Phi) is 4.79. The number of hydrogen-bond donors (Lipinski definition) is 0. The van der Waals surface area contributed by atoms with Crippen LogP contribution < -0.4 is 0 Å². The van der Waals surface area contributed by atoms with Gasteiger partial charge >= 0.3 is 0 Å². The molecular weight excluding hydrogens is 200 g/mol. The highest BCUT2D eigenvalue weighted by Crippen LogP contribution is 2.10. The quantitative estimate of drug-likeness (QED) is 0.684. The normalized spacial score (nSPS) is 12.2. The van der Waals surface area contributed by atoms with Gasteiger partial charge in [0.1, 0.15) is 0 Å². The predicted molar refractivity (Wildman–Crippen MR) is 69.2 cm³/mol. The topological polar surface area (TPSA) is 9.23 Å². The fourth-order valence-electron chi connectivity index (χ4n) is 1.27. The SMILES string of the molecule is CCCO[Si](C)(C)/C=C/c1ccccc1. The molecule has 0 aliphatic carbocycles. The van der Waals surface area contributed by atoms with Gasteiger partial charge in [-0.1, -0.05) is 49.0 Å². The van der Waals surface area contributed by atoms with Crippen molar-refractivity contribution in [2.75, 3.05) is 6.61 Å². The molecule has 2 heteroatoms. The Morgan fingerprint density at radius 3 is 2.47 bits per heavy atom. The van der Waals surface area contributed by atoms with E-state index in [0.717, 1.165) is 13.0 Å². The fraction of sp³-hybridized carbons (Fsp3) is 0.385. The third-order valence-corrected chi connectivity index (χ3v) is 4.07. The van der Waals surface area contributed by atoms with Crippen LogP contribution in [-0.2, 0) is 4.43 Å². The van der Waals surface area contributed by atoms with Gasteiger partial charge in [0.2, 0.25) is 8.32 Å². The Balaban J connectivity index is 2.56. The lowest BCUT2D eigenvalue weighted by Gasteiger charge is -2.17. The van der Waals surface area contributed by atoms with Crippen molar-refractivity contribution in [1.29, 1.82) is 0 Å². The molecule has 0 aliphatic rings. The Labute approximate surface area is 93.9 Å². The summed E-state index contributed by atoms with van der Waals surface area (Å²) < 4.78 is 5.85. The second kappa shape index (κ2) is 5.88. The number of benzene rings is 1. The highest BCUT2D eigenvalue weighted by molar-refractivity contribution is 6.76. The first-order valence-electron chi connectivity index (χ1n) is 5.52. The van der Waals surface area contributed by atoms with Crippen molar-refractivity contribution in [1.82, 2.24) is 0 Å². The predicted octanol–water partition coefficient (Wildman–Crippen LogP) is 3.87. The molecule has 82 valence electrons. The molecule has 1 aromatic carbocycles. The molecule has 0 bridgehead atoms. The van der Waals surface area contributed by atoms with Gasteiger partial charge in [0.15, 0.2) is 0 Å². The van der Waals surface area contributed by atoms with Crippen LogP contribution in [0.5, 0.6) is 0 Å². The molecule has 1 rings (SSSR count). The maximum absolute atomic E-state index is 5.85. The van der Waals surface area contributed by atoms with Gasteiger partial charge in [0, 0.05) is 6.61 Å². The minimum absolute atomic E-state index is 0.873. The van der Waals surface area contributed by atoms with Crippen LogP contribution in [0.3, 0.4) is 0 Å². The zero-order valence-corrected chi connectivity index (χ0v) is 10.9. The van der Waals surface area contributed by atoms with Crippen LogP contribution in [0.4, 0.5) is 0 Å². The van der Waals surface area contributed by atoms with Crippen LogP contribution in [0.25, 0.3) is 6.08 Å². The molecule has 0 saturated carbocycles. The summed E-state index contributed by atoms with van der Waals surface area (Å²) in [5, 5.41) is 0. The first kappa shape index (κ1) is 12.2. The zero-order chi connectivity index (χ0) is 11.1. The molecule has 0 N–H and O–H groups in total. The van der Waals surface area contributed by atoms with Crippen LogP contribution >= 0.6 is 0 Å². The minimum Gasteiger partial charge on any atom is -0.414 e. The van der Waals surface area contributed by atoms with Gasteiger partial charge in [-0.15, -0.1) is 0 Å². The molecule has 0 amide bonds. The summed E-state index contributed by atoms with van der Waals surface area (Å²) in [6.45, 7) is 7.47. The van der Waals surface area contributed by atoms with E-state index in [1.807, 2.05) is 6.07 Å². The Morgan fingerprint density at radius 1 is 1.20 bits per heavy atom. The van der Waals surface area contributed by atoms with E-state index in [1.165, 1.54) is 5.56 Å². The van der Waals surface area contributed by atoms with E-state index >= 15 is 0 Å². The third kappa shape index (κ3) is 4.95. The molecule has 15 heavy (non-hydrogen) atoms. The molecule has 0 radical (unpaired) electrons. The van der Waals surface area contributed by atoms with Gasteiger partial charge in [-0.3, -0.25) is 0 Å². The van der Waals surface area contributed by atoms with Gasteiger partial charge in [-0.2, -0.15) is 0 Å². The summed E-state index contributed by atoms with van der Waals surface area (Å²) in [6.07, 6.45) is 3.26. The molecular formula is C13H20OSi. The standard InChI is InChI=1S/C13H20OSi/c1-4-11-14-15(2,3)12-10-13-8-6-5-7-9-13/h5-10,12H,4,11H2,1-3H3/b12-10+. The van der Waals surface area contributed by atoms with E-state index in [1.54, 1.807) is 0 Å². The van der Waals surface area contributed by atoms with Crippen molar-refractivity contribution < 1.29 is 4.43 Å². The molecule has 0 fully saturated rings. The van der Waals surface area contributed by atoms with Crippen molar-refractivity contribution in [2.45, 2.75) is 26.4 Å². The summed E-state index contributed by atoms with van der Waals surface area (Å²) in [7, 11) is -1.59. The number of rotatable bonds is 5. The smallest absolute Gasteiger partial charge is 0.211 e. The van der Waals surface area contributed by atoms with Gasteiger partial charge in [0.25, 0.3) is 0 Å². The van der Waals surface area contributed by atoms with Gasteiger partial charge in [-0.05, 0) is 25.1 Å². The highest BCUT2D eigenvalue weighted by Gasteiger charge is 2.17. The van der Waals surface area contributed by atoms with E-state index < -0.39 is 8.32 Å². The van der Waals surface area contributed by atoms with Gasteiger partial charge < -0.3 is 4.43 Å². The van der Waals surface area contributed by atoms with Crippen molar-refractivity contribution in [3.63, 3.8) is 0 Å².